The molecule has 3 aromatic rings. The lowest BCUT2D eigenvalue weighted by Gasteiger charge is -2.13. The molecule has 0 aliphatic carbocycles. The molecule has 1 heterocycles. The van der Waals surface area contributed by atoms with Crippen LogP contribution in [0.2, 0.25) is 0 Å². The summed E-state index contributed by atoms with van der Waals surface area (Å²) in [7, 11) is 1.93. The van der Waals surface area contributed by atoms with Gasteiger partial charge in [-0.2, -0.15) is 0 Å². The number of nitrogens with one attached hydrogen (secondary N) is 1. The fraction of sp³-hybridized carbons (Fsp3) is 0.176. The van der Waals surface area contributed by atoms with Crippen LogP contribution in [0.4, 0.5) is 0 Å². The number of phenols is 1. The van der Waals surface area contributed by atoms with Crippen LogP contribution in [0.1, 0.15) is 17.4 Å². The third kappa shape index (κ3) is 2.53. The van der Waals surface area contributed by atoms with Crippen molar-refractivity contribution in [2.45, 2.75) is 12.5 Å². The van der Waals surface area contributed by atoms with Crippen molar-refractivity contribution in [3.63, 3.8) is 0 Å². The zero-order chi connectivity index (χ0) is 13.9. The molecule has 3 heteroatoms. The van der Waals surface area contributed by atoms with Gasteiger partial charge in [0.15, 0.2) is 0 Å². The molecule has 20 heavy (non-hydrogen) atoms. The van der Waals surface area contributed by atoms with Gasteiger partial charge in [0.05, 0.1) is 6.04 Å². The number of para-hydroxylation sites is 1. The quantitative estimate of drug-likeness (QED) is 0.758. The smallest absolute Gasteiger partial charge is 0.134 e. The number of rotatable bonds is 4. The molecule has 0 fully saturated rings. The lowest BCUT2D eigenvalue weighted by Crippen LogP contribution is -2.18. The second-order valence-corrected chi connectivity index (χ2v) is 4.90. The maximum atomic E-state index is 9.33. The maximum Gasteiger partial charge on any atom is 0.134 e. The second kappa shape index (κ2) is 5.39. The first-order valence-electron chi connectivity index (χ1n) is 6.70. The molecule has 3 rings (SSSR count). The van der Waals surface area contributed by atoms with Crippen molar-refractivity contribution in [1.29, 1.82) is 0 Å². The molecule has 2 aromatic carbocycles. The molecule has 1 aromatic heterocycles. The normalized spacial score (nSPS) is 12.7. The average molecular weight is 267 g/mol. The van der Waals surface area contributed by atoms with Crippen LogP contribution in [-0.2, 0) is 6.42 Å². The van der Waals surface area contributed by atoms with E-state index in [9.17, 15) is 5.11 Å². The van der Waals surface area contributed by atoms with E-state index in [0.717, 1.165) is 28.7 Å². The van der Waals surface area contributed by atoms with Gasteiger partial charge in [0.1, 0.15) is 17.1 Å². The highest BCUT2D eigenvalue weighted by atomic mass is 16.3. The van der Waals surface area contributed by atoms with E-state index in [-0.39, 0.29) is 6.04 Å². The SMILES string of the molecule is CNC(Cc1ccc(O)cc1)c1cc2ccccc2o1. The summed E-state index contributed by atoms with van der Waals surface area (Å²) in [6.07, 6.45) is 0.816. The maximum absolute atomic E-state index is 9.33. The molecule has 102 valence electrons. The Bertz CT molecular complexity index is 667. The summed E-state index contributed by atoms with van der Waals surface area (Å²) < 4.78 is 5.91. The summed E-state index contributed by atoms with van der Waals surface area (Å²) in [5.74, 6) is 1.22. The van der Waals surface area contributed by atoms with Gasteiger partial charge in [-0.1, -0.05) is 30.3 Å². The Kier molecular flexibility index (Phi) is 3.44. The van der Waals surface area contributed by atoms with Gasteiger partial charge in [-0.15, -0.1) is 0 Å². The first-order chi connectivity index (χ1) is 9.76. The lowest BCUT2D eigenvalue weighted by molar-refractivity contribution is 0.450. The highest BCUT2D eigenvalue weighted by Gasteiger charge is 2.15. The molecular weight excluding hydrogens is 250 g/mol. The van der Waals surface area contributed by atoms with Gasteiger partial charge in [0, 0.05) is 5.39 Å². The molecule has 0 radical (unpaired) electrons. The molecule has 3 nitrogen and oxygen atoms in total. The zero-order valence-corrected chi connectivity index (χ0v) is 11.3. The van der Waals surface area contributed by atoms with Crippen LogP contribution in [0.3, 0.4) is 0 Å². The van der Waals surface area contributed by atoms with E-state index in [4.69, 9.17) is 4.42 Å². The van der Waals surface area contributed by atoms with Crippen molar-refractivity contribution in [3.8, 4) is 5.75 Å². The molecule has 0 amide bonds. The van der Waals surface area contributed by atoms with Gasteiger partial charge in [-0.25, -0.2) is 0 Å². The number of hydrogen-bond donors (Lipinski definition) is 2. The summed E-state index contributed by atoms with van der Waals surface area (Å²) in [6.45, 7) is 0. The largest absolute Gasteiger partial charge is 0.508 e. The summed E-state index contributed by atoms with van der Waals surface area (Å²) >= 11 is 0. The average Bonchev–Trinajstić information content (AvgIpc) is 2.90. The van der Waals surface area contributed by atoms with Gasteiger partial charge in [0.25, 0.3) is 0 Å². The van der Waals surface area contributed by atoms with Crippen LogP contribution >= 0.6 is 0 Å². The highest BCUT2D eigenvalue weighted by Crippen LogP contribution is 2.26. The number of aromatic hydroxyl groups is 1. The fourth-order valence-electron chi connectivity index (χ4n) is 2.39. The van der Waals surface area contributed by atoms with Gasteiger partial charge >= 0.3 is 0 Å². The molecule has 1 unspecified atom stereocenters. The number of furan rings is 1. The molecule has 0 bridgehead atoms. The van der Waals surface area contributed by atoms with E-state index in [1.54, 1.807) is 12.1 Å². The Balaban J connectivity index is 1.87. The minimum Gasteiger partial charge on any atom is -0.508 e. The molecule has 1 atom stereocenters. The van der Waals surface area contributed by atoms with Crippen molar-refractivity contribution >= 4 is 11.0 Å². The number of phenolic OH excluding ortho intramolecular Hbond substituents is 1. The number of hydrogen-bond acceptors (Lipinski definition) is 3. The minimum atomic E-state index is 0.118. The van der Waals surface area contributed by atoms with Crippen molar-refractivity contribution in [2.75, 3.05) is 7.05 Å². The summed E-state index contributed by atoms with van der Waals surface area (Å²) in [6, 6.07) is 17.5. The lowest BCUT2D eigenvalue weighted by atomic mass is 10.0. The molecule has 0 saturated carbocycles. The minimum absolute atomic E-state index is 0.118. The van der Waals surface area contributed by atoms with Crippen molar-refractivity contribution < 1.29 is 9.52 Å². The highest BCUT2D eigenvalue weighted by molar-refractivity contribution is 5.77. The fourth-order valence-corrected chi connectivity index (χ4v) is 2.39. The van der Waals surface area contributed by atoms with Crippen LogP contribution in [0, 0.1) is 0 Å². The number of fused-ring (bicyclic) bond motifs is 1. The molecule has 2 N–H and O–H groups in total. The van der Waals surface area contributed by atoms with E-state index in [2.05, 4.69) is 17.4 Å². The molecule has 0 aliphatic heterocycles. The van der Waals surface area contributed by atoms with Crippen LogP contribution in [-0.4, -0.2) is 12.2 Å². The summed E-state index contributed by atoms with van der Waals surface area (Å²) in [5, 5.41) is 13.7. The predicted octanol–water partition coefficient (Wildman–Crippen LogP) is 3.64. The van der Waals surface area contributed by atoms with Crippen molar-refractivity contribution in [2.24, 2.45) is 0 Å². The Labute approximate surface area is 117 Å². The van der Waals surface area contributed by atoms with Gasteiger partial charge in [-0.3, -0.25) is 0 Å². The van der Waals surface area contributed by atoms with E-state index >= 15 is 0 Å². The first-order valence-corrected chi connectivity index (χ1v) is 6.70. The summed E-state index contributed by atoms with van der Waals surface area (Å²) in [4.78, 5) is 0. The Morgan fingerprint density at radius 3 is 2.55 bits per heavy atom. The van der Waals surface area contributed by atoms with Crippen molar-refractivity contribution in [1.82, 2.24) is 5.32 Å². The zero-order valence-electron chi connectivity index (χ0n) is 11.3. The summed E-state index contributed by atoms with van der Waals surface area (Å²) in [5.41, 5.74) is 2.07. The van der Waals surface area contributed by atoms with Gasteiger partial charge in [-0.05, 0) is 43.3 Å². The standard InChI is InChI=1S/C17H17NO2/c1-18-15(10-12-6-8-14(19)9-7-12)17-11-13-4-2-3-5-16(13)20-17/h2-9,11,15,18-19H,10H2,1H3. The number of likely N-dealkylation sites (N-methyl/N-ethyl adjacent to an activating group) is 1. The van der Waals surface area contributed by atoms with Crippen LogP contribution in [0.5, 0.6) is 5.75 Å². The van der Waals surface area contributed by atoms with Crippen LogP contribution in [0.25, 0.3) is 11.0 Å². The molecule has 0 spiro atoms. The second-order valence-electron chi connectivity index (χ2n) is 4.90. The third-order valence-electron chi connectivity index (χ3n) is 3.51. The Morgan fingerprint density at radius 2 is 1.85 bits per heavy atom. The Morgan fingerprint density at radius 1 is 1.10 bits per heavy atom. The van der Waals surface area contributed by atoms with E-state index in [1.165, 1.54) is 0 Å². The van der Waals surface area contributed by atoms with E-state index in [0.29, 0.717) is 5.75 Å². The topological polar surface area (TPSA) is 45.4 Å². The Hall–Kier alpha value is -2.26. The predicted molar refractivity (Wildman–Crippen MR) is 79.8 cm³/mol. The monoisotopic (exact) mass is 267 g/mol. The van der Waals surface area contributed by atoms with Gasteiger partial charge < -0.3 is 14.8 Å². The number of benzene rings is 2. The van der Waals surface area contributed by atoms with Gasteiger partial charge in [0.2, 0.25) is 0 Å². The van der Waals surface area contributed by atoms with E-state index < -0.39 is 0 Å². The molecule has 0 aliphatic rings. The first kappa shape index (κ1) is 12.8. The third-order valence-corrected chi connectivity index (χ3v) is 3.51. The van der Waals surface area contributed by atoms with E-state index in [1.807, 2.05) is 37.4 Å². The van der Waals surface area contributed by atoms with Crippen LogP contribution < -0.4 is 5.32 Å². The van der Waals surface area contributed by atoms with Crippen molar-refractivity contribution in [3.05, 3.63) is 65.9 Å². The molecule has 0 saturated heterocycles. The van der Waals surface area contributed by atoms with Crippen LogP contribution in [0.15, 0.2) is 59.0 Å². The molecular formula is C17H17NO2.